The number of aliphatic imine (C=N–C) groups is 1. The number of carbonyl (C=O) groups is 1. The van der Waals surface area contributed by atoms with Crippen LogP contribution in [0.4, 0.5) is 4.79 Å². The van der Waals surface area contributed by atoms with Gasteiger partial charge >= 0.3 is 6.03 Å². The smallest absolute Gasteiger partial charge is 0.346 e. The van der Waals surface area contributed by atoms with Crippen molar-refractivity contribution in [2.24, 2.45) is 10.7 Å². The Morgan fingerprint density at radius 3 is 2.44 bits per heavy atom. The van der Waals surface area contributed by atoms with Crippen LogP contribution >= 0.6 is 0 Å². The number of hydrogen-bond donors (Lipinski definition) is 1. The third kappa shape index (κ3) is 1.90. The Hall–Kier alpha value is -1.50. The van der Waals surface area contributed by atoms with Crippen LogP contribution in [0.25, 0.3) is 0 Å². The van der Waals surface area contributed by atoms with Crippen LogP contribution < -0.4 is 5.73 Å². The number of terminal acetylenes is 1. The van der Waals surface area contributed by atoms with Crippen molar-refractivity contribution in [1.29, 1.82) is 0 Å². The summed E-state index contributed by atoms with van der Waals surface area (Å²) in [6, 6.07) is -0.294. The average molecular weight is 221 g/mol. The van der Waals surface area contributed by atoms with Crippen molar-refractivity contribution >= 4 is 11.9 Å². The van der Waals surface area contributed by atoms with Crippen LogP contribution in [0.1, 0.15) is 39.5 Å². The summed E-state index contributed by atoms with van der Waals surface area (Å²) in [5.41, 5.74) is 5.48. The van der Waals surface area contributed by atoms with Crippen LogP contribution in [-0.4, -0.2) is 28.9 Å². The molecule has 0 radical (unpaired) electrons. The van der Waals surface area contributed by atoms with E-state index in [1.54, 1.807) is 4.90 Å². The summed E-state index contributed by atoms with van der Waals surface area (Å²) in [7, 11) is 0. The fourth-order valence-corrected chi connectivity index (χ4v) is 2.38. The van der Waals surface area contributed by atoms with Gasteiger partial charge in [-0.25, -0.2) is 4.79 Å². The zero-order chi connectivity index (χ0) is 12.2. The molecule has 4 heteroatoms. The van der Waals surface area contributed by atoms with Crippen molar-refractivity contribution in [2.45, 2.75) is 45.1 Å². The molecule has 1 rings (SSSR count). The lowest BCUT2D eigenvalue weighted by atomic mass is 9.86. The molecule has 88 valence electrons. The molecule has 1 aliphatic rings. The minimum Gasteiger partial charge on any atom is -0.385 e. The molecule has 0 unspecified atom stereocenters. The molecule has 0 fully saturated rings. The topological polar surface area (TPSA) is 58.7 Å². The molecule has 4 nitrogen and oxygen atoms in total. The predicted molar refractivity (Wildman–Crippen MR) is 65.1 cm³/mol. The van der Waals surface area contributed by atoms with Crippen molar-refractivity contribution in [3.05, 3.63) is 0 Å². The molecule has 0 bridgehead atoms. The van der Waals surface area contributed by atoms with Crippen molar-refractivity contribution < 1.29 is 4.79 Å². The molecule has 0 atom stereocenters. The van der Waals surface area contributed by atoms with Gasteiger partial charge in [-0.05, 0) is 12.8 Å². The van der Waals surface area contributed by atoms with Crippen LogP contribution in [0.2, 0.25) is 0 Å². The first kappa shape index (κ1) is 12.6. The number of carbonyl (C=O) groups excluding carboxylic acids is 1. The Bertz CT molecular complexity index is 335. The van der Waals surface area contributed by atoms with E-state index in [0.717, 1.165) is 25.7 Å². The summed E-state index contributed by atoms with van der Waals surface area (Å²) in [4.78, 5) is 17.2. The zero-order valence-corrected chi connectivity index (χ0v) is 9.99. The molecule has 0 saturated carbocycles. The maximum absolute atomic E-state index is 11.7. The van der Waals surface area contributed by atoms with Crippen molar-refractivity contribution in [1.82, 2.24) is 4.90 Å². The van der Waals surface area contributed by atoms with Gasteiger partial charge in [0.25, 0.3) is 0 Å². The highest BCUT2D eigenvalue weighted by Crippen LogP contribution is 2.32. The first-order valence-corrected chi connectivity index (χ1v) is 5.72. The standard InChI is InChI=1S/C12H19N3O/c1-4-7-12(8-5-2)10(13)14-11(16)15(12)9-6-3/h3H,4-5,7-9H2,1-2H3,(H2,13,14,16). The molecule has 0 saturated heterocycles. The number of amides is 2. The lowest BCUT2D eigenvalue weighted by Gasteiger charge is -2.36. The van der Waals surface area contributed by atoms with Gasteiger partial charge in [-0.15, -0.1) is 6.42 Å². The summed E-state index contributed by atoms with van der Waals surface area (Å²) in [5, 5.41) is 0. The third-order valence-corrected chi connectivity index (χ3v) is 3.02. The van der Waals surface area contributed by atoms with E-state index in [-0.39, 0.29) is 12.6 Å². The lowest BCUT2D eigenvalue weighted by molar-refractivity contribution is 0.169. The van der Waals surface area contributed by atoms with E-state index in [9.17, 15) is 4.79 Å². The van der Waals surface area contributed by atoms with Crippen molar-refractivity contribution in [3.63, 3.8) is 0 Å². The highest BCUT2D eigenvalue weighted by atomic mass is 16.2. The van der Waals surface area contributed by atoms with Gasteiger partial charge in [-0.1, -0.05) is 32.6 Å². The van der Waals surface area contributed by atoms with Crippen molar-refractivity contribution in [3.8, 4) is 12.3 Å². The fourth-order valence-electron chi connectivity index (χ4n) is 2.38. The molecule has 0 aromatic heterocycles. The van der Waals surface area contributed by atoms with E-state index in [2.05, 4.69) is 24.8 Å². The molecule has 0 aromatic rings. The van der Waals surface area contributed by atoms with E-state index < -0.39 is 5.54 Å². The SMILES string of the molecule is C#CCN1C(=O)N=C(N)C1(CCC)CCC. The van der Waals surface area contributed by atoms with Gasteiger partial charge in [0.05, 0.1) is 6.54 Å². The average Bonchev–Trinajstić information content (AvgIpc) is 2.45. The van der Waals surface area contributed by atoms with Gasteiger partial charge in [0.15, 0.2) is 0 Å². The third-order valence-electron chi connectivity index (χ3n) is 3.02. The first-order valence-electron chi connectivity index (χ1n) is 5.72. The quantitative estimate of drug-likeness (QED) is 0.719. The van der Waals surface area contributed by atoms with E-state index >= 15 is 0 Å². The summed E-state index contributed by atoms with van der Waals surface area (Å²) in [6.07, 6.45) is 8.84. The fraction of sp³-hybridized carbons (Fsp3) is 0.667. The Morgan fingerprint density at radius 1 is 1.44 bits per heavy atom. The van der Waals surface area contributed by atoms with Gasteiger partial charge in [-0.2, -0.15) is 4.99 Å². The highest BCUT2D eigenvalue weighted by molar-refractivity contribution is 6.05. The first-order chi connectivity index (χ1) is 7.62. The monoisotopic (exact) mass is 221 g/mol. The van der Waals surface area contributed by atoms with Crippen LogP contribution in [0.5, 0.6) is 0 Å². The summed E-state index contributed by atoms with van der Waals surface area (Å²) >= 11 is 0. The second kappa shape index (κ2) is 5.02. The second-order valence-corrected chi connectivity index (χ2v) is 4.10. The molecule has 0 aliphatic carbocycles. The largest absolute Gasteiger partial charge is 0.385 e. The number of nitrogens with zero attached hydrogens (tertiary/aromatic N) is 2. The number of nitrogens with two attached hydrogens (primary N) is 1. The molecule has 2 amide bonds. The number of amidine groups is 1. The zero-order valence-electron chi connectivity index (χ0n) is 9.99. The number of urea groups is 1. The summed E-state index contributed by atoms with van der Waals surface area (Å²) in [6.45, 7) is 4.42. The van der Waals surface area contributed by atoms with E-state index in [0.29, 0.717) is 5.84 Å². The minimum atomic E-state index is -0.438. The molecular formula is C12H19N3O. The normalized spacial score (nSPS) is 18.4. The van der Waals surface area contributed by atoms with Crippen molar-refractivity contribution in [2.75, 3.05) is 6.54 Å². The second-order valence-electron chi connectivity index (χ2n) is 4.10. The Kier molecular flexibility index (Phi) is 3.94. The Morgan fingerprint density at radius 2 is 2.00 bits per heavy atom. The van der Waals surface area contributed by atoms with Gasteiger partial charge in [0.2, 0.25) is 0 Å². The molecule has 16 heavy (non-hydrogen) atoms. The summed E-state index contributed by atoms with van der Waals surface area (Å²) in [5.74, 6) is 2.94. The highest BCUT2D eigenvalue weighted by Gasteiger charge is 2.46. The van der Waals surface area contributed by atoms with Crippen LogP contribution in [0.15, 0.2) is 4.99 Å². The van der Waals surface area contributed by atoms with Crippen LogP contribution in [0, 0.1) is 12.3 Å². The van der Waals surface area contributed by atoms with E-state index in [4.69, 9.17) is 12.2 Å². The molecule has 0 aromatic carbocycles. The Labute approximate surface area is 96.9 Å². The summed E-state index contributed by atoms with van der Waals surface area (Å²) < 4.78 is 0. The molecular weight excluding hydrogens is 202 g/mol. The molecule has 1 aliphatic heterocycles. The van der Waals surface area contributed by atoms with Crippen LogP contribution in [0.3, 0.4) is 0 Å². The predicted octanol–water partition coefficient (Wildman–Crippen LogP) is 1.75. The Balaban J connectivity index is 3.05. The number of hydrogen-bond acceptors (Lipinski definition) is 2. The molecule has 0 spiro atoms. The van der Waals surface area contributed by atoms with E-state index in [1.807, 2.05) is 0 Å². The van der Waals surface area contributed by atoms with E-state index in [1.165, 1.54) is 0 Å². The van der Waals surface area contributed by atoms with Gasteiger partial charge in [0, 0.05) is 0 Å². The molecule has 1 heterocycles. The molecule has 2 N–H and O–H groups in total. The maximum Gasteiger partial charge on any atom is 0.346 e. The van der Waals surface area contributed by atoms with Gasteiger partial charge < -0.3 is 5.73 Å². The lowest BCUT2D eigenvalue weighted by Crippen LogP contribution is -2.54. The van der Waals surface area contributed by atoms with Gasteiger partial charge in [0.1, 0.15) is 11.4 Å². The minimum absolute atomic E-state index is 0.281. The maximum atomic E-state index is 11.7. The number of rotatable bonds is 5. The van der Waals surface area contributed by atoms with Gasteiger partial charge in [-0.3, -0.25) is 4.90 Å². The van der Waals surface area contributed by atoms with Crippen LogP contribution in [-0.2, 0) is 0 Å².